The SMILES string of the molecule is CCN1CC(C(=O)N2CCC(NC)CC2)CC1=O.Cl. The average Bonchev–Trinajstić information content (AvgIpc) is 2.79. The fraction of sp³-hybridized carbons (Fsp3) is 0.846. The summed E-state index contributed by atoms with van der Waals surface area (Å²) in [5.74, 6) is 0.193. The lowest BCUT2D eigenvalue weighted by Crippen LogP contribution is -2.46. The van der Waals surface area contributed by atoms with Crippen LogP contribution in [0, 0.1) is 5.92 Å². The molecule has 19 heavy (non-hydrogen) atoms. The maximum atomic E-state index is 12.3. The van der Waals surface area contributed by atoms with Gasteiger partial charge in [-0.25, -0.2) is 0 Å². The van der Waals surface area contributed by atoms with E-state index in [1.165, 1.54) is 0 Å². The number of carbonyl (C=O) groups is 2. The minimum atomic E-state index is -0.108. The molecule has 2 amide bonds. The van der Waals surface area contributed by atoms with E-state index < -0.39 is 0 Å². The molecule has 0 saturated carbocycles. The van der Waals surface area contributed by atoms with Gasteiger partial charge in [0.1, 0.15) is 0 Å². The molecule has 0 aliphatic carbocycles. The molecule has 2 aliphatic heterocycles. The maximum Gasteiger partial charge on any atom is 0.227 e. The molecule has 0 aromatic carbocycles. The first-order chi connectivity index (χ1) is 8.65. The molecule has 0 radical (unpaired) electrons. The Bertz CT molecular complexity index is 330. The zero-order valence-electron chi connectivity index (χ0n) is 11.7. The van der Waals surface area contributed by atoms with E-state index in [9.17, 15) is 9.59 Å². The highest BCUT2D eigenvalue weighted by Gasteiger charge is 2.36. The van der Waals surface area contributed by atoms with Crippen LogP contribution in [-0.4, -0.2) is 60.9 Å². The van der Waals surface area contributed by atoms with E-state index in [1.54, 1.807) is 4.90 Å². The second kappa shape index (κ2) is 7.10. The Labute approximate surface area is 121 Å². The summed E-state index contributed by atoms with van der Waals surface area (Å²) in [6.45, 7) is 4.93. The van der Waals surface area contributed by atoms with Gasteiger partial charge in [-0.1, -0.05) is 0 Å². The van der Waals surface area contributed by atoms with Gasteiger partial charge in [-0.3, -0.25) is 9.59 Å². The number of piperidine rings is 1. The van der Waals surface area contributed by atoms with Crippen LogP contribution < -0.4 is 5.32 Å². The quantitative estimate of drug-likeness (QED) is 0.823. The largest absolute Gasteiger partial charge is 0.342 e. The van der Waals surface area contributed by atoms with Crippen molar-refractivity contribution >= 4 is 24.2 Å². The normalized spacial score (nSPS) is 24.5. The number of halogens is 1. The number of likely N-dealkylation sites (tertiary alicyclic amines) is 2. The number of nitrogens with one attached hydrogen (secondary N) is 1. The third-order valence-corrected chi connectivity index (χ3v) is 4.16. The molecule has 0 spiro atoms. The maximum absolute atomic E-state index is 12.3. The summed E-state index contributed by atoms with van der Waals surface area (Å²) in [5.41, 5.74) is 0. The van der Waals surface area contributed by atoms with Crippen LogP contribution in [0.4, 0.5) is 0 Å². The van der Waals surface area contributed by atoms with E-state index in [0.29, 0.717) is 25.6 Å². The average molecular weight is 290 g/mol. The molecule has 0 aromatic rings. The van der Waals surface area contributed by atoms with E-state index in [0.717, 1.165) is 25.9 Å². The lowest BCUT2D eigenvalue weighted by molar-refractivity contribution is -0.136. The number of carbonyl (C=O) groups excluding carboxylic acids is 2. The minimum Gasteiger partial charge on any atom is -0.342 e. The minimum absolute atomic E-state index is 0. The van der Waals surface area contributed by atoms with Gasteiger partial charge in [-0.05, 0) is 26.8 Å². The van der Waals surface area contributed by atoms with Crippen LogP contribution in [0.5, 0.6) is 0 Å². The van der Waals surface area contributed by atoms with E-state index in [4.69, 9.17) is 0 Å². The van der Waals surface area contributed by atoms with Crippen molar-refractivity contribution in [2.75, 3.05) is 33.2 Å². The summed E-state index contributed by atoms with van der Waals surface area (Å²) in [6.07, 6.45) is 2.43. The molecular weight excluding hydrogens is 266 g/mol. The fourth-order valence-corrected chi connectivity index (χ4v) is 2.89. The van der Waals surface area contributed by atoms with Gasteiger partial charge in [0.2, 0.25) is 11.8 Å². The molecule has 2 rings (SSSR count). The summed E-state index contributed by atoms with van der Waals surface area (Å²) in [5, 5.41) is 3.26. The van der Waals surface area contributed by atoms with Crippen molar-refractivity contribution in [3.05, 3.63) is 0 Å². The highest BCUT2D eigenvalue weighted by atomic mass is 35.5. The Balaban J connectivity index is 0.00000180. The third-order valence-electron chi connectivity index (χ3n) is 4.16. The smallest absolute Gasteiger partial charge is 0.227 e. The molecule has 1 atom stereocenters. The monoisotopic (exact) mass is 289 g/mol. The molecule has 2 heterocycles. The lowest BCUT2D eigenvalue weighted by atomic mass is 10.0. The van der Waals surface area contributed by atoms with Gasteiger partial charge in [-0.2, -0.15) is 0 Å². The van der Waals surface area contributed by atoms with Crippen molar-refractivity contribution in [1.29, 1.82) is 0 Å². The van der Waals surface area contributed by atoms with Gasteiger partial charge in [0.25, 0.3) is 0 Å². The Morgan fingerprint density at radius 3 is 2.47 bits per heavy atom. The number of nitrogens with zero attached hydrogens (tertiary/aromatic N) is 2. The lowest BCUT2D eigenvalue weighted by Gasteiger charge is -2.33. The molecular formula is C13H24ClN3O2. The zero-order valence-corrected chi connectivity index (χ0v) is 12.5. The zero-order chi connectivity index (χ0) is 13.1. The van der Waals surface area contributed by atoms with Crippen LogP contribution in [0.25, 0.3) is 0 Å². The molecule has 2 aliphatic rings. The van der Waals surface area contributed by atoms with Crippen molar-refractivity contribution in [2.24, 2.45) is 5.92 Å². The van der Waals surface area contributed by atoms with Gasteiger partial charge < -0.3 is 15.1 Å². The highest BCUT2D eigenvalue weighted by molar-refractivity contribution is 5.89. The second-order valence-electron chi connectivity index (χ2n) is 5.22. The van der Waals surface area contributed by atoms with Crippen LogP contribution in [-0.2, 0) is 9.59 Å². The van der Waals surface area contributed by atoms with Crippen LogP contribution >= 0.6 is 12.4 Å². The first-order valence-corrected chi connectivity index (χ1v) is 6.89. The number of rotatable bonds is 3. The van der Waals surface area contributed by atoms with E-state index >= 15 is 0 Å². The van der Waals surface area contributed by atoms with Crippen LogP contribution in [0.1, 0.15) is 26.2 Å². The summed E-state index contributed by atoms with van der Waals surface area (Å²) >= 11 is 0. The number of hydrogen-bond donors (Lipinski definition) is 1. The molecule has 1 unspecified atom stereocenters. The summed E-state index contributed by atoms with van der Waals surface area (Å²) in [4.78, 5) is 27.7. The Kier molecular flexibility index (Phi) is 6.07. The first kappa shape index (κ1) is 16.2. The van der Waals surface area contributed by atoms with E-state index in [2.05, 4.69) is 5.32 Å². The number of amides is 2. The van der Waals surface area contributed by atoms with Crippen molar-refractivity contribution in [3.63, 3.8) is 0 Å². The summed E-state index contributed by atoms with van der Waals surface area (Å²) < 4.78 is 0. The molecule has 1 N–H and O–H groups in total. The Morgan fingerprint density at radius 2 is 2.00 bits per heavy atom. The molecule has 110 valence electrons. The Hall–Kier alpha value is -0.810. The highest BCUT2D eigenvalue weighted by Crippen LogP contribution is 2.21. The number of hydrogen-bond acceptors (Lipinski definition) is 3. The predicted molar refractivity (Wildman–Crippen MR) is 76.3 cm³/mol. The topological polar surface area (TPSA) is 52.7 Å². The van der Waals surface area contributed by atoms with Crippen LogP contribution in [0.3, 0.4) is 0 Å². The van der Waals surface area contributed by atoms with E-state index in [1.807, 2.05) is 18.9 Å². The van der Waals surface area contributed by atoms with Gasteiger partial charge in [0, 0.05) is 38.6 Å². The van der Waals surface area contributed by atoms with Crippen molar-refractivity contribution < 1.29 is 9.59 Å². The standard InChI is InChI=1S/C13H23N3O2.ClH/c1-3-15-9-10(8-12(15)17)13(18)16-6-4-11(14-2)5-7-16;/h10-11,14H,3-9H2,1-2H3;1H. The molecule has 5 nitrogen and oxygen atoms in total. The van der Waals surface area contributed by atoms with Crippen LogP contribution in [0.15, 0.2) is 0 Å². The van der Waals surface area contributed by atoms with E-state index in [-0.39, 0.29) is 30.1 Å². The van der Waals surface area contributed by atoms with Gasteiger partial charge in [0.05, 0.1) is 5.92 Å². The summed E-state index contributed by atoms with van der Waals surface area (Å²) in [7, 11) is 1.97. The van der Waals surface area contributed by atoms with Gasteiger partial charge in [0.15, 0.2) is 0 Å². The van der Waals surface area contributed by atoms with Gasteiger partial charge in [-0.15, -0.1) is 12.4 Å². The van der Waals surface area contributed by atoms with Gasteiger partial charge >= 0.3 is 0 Å². The van der Waals surface area contributed by atoms with Crippen molar-refractivity contribution in [3.8, 4) is 0 Å². The molecule has 2 saturated heterocycles. The molecule has 2 fully saturated rings. The van der Waals surface area contributed by atoms with Crippen molar-refractivity contribution in [1.82, 2.24) is 15.1 Å². The molecule has 6 heteroatoms. The molecule has 0 aromatic heterocycles. The van der Waals surface area contributed by atoms with Crippen molar-refractivity contribution in [2.45, 2.75) is 32.2 Å². The fourth-order valence-electron chi connectivity index (χ4n) is 2.89. The molecule has 0 bridgehead atoms. The van der Waals surface area contributed by atoms with Crippen LogP contribution in [0.2, 0.25) is 0 Å². The summed E-state index contributed by atoms with van der Waals surface area (Å²) in [6, 6.07) is 0.534. The Morgan fingerprint density at radius 1 is 1.37 bits per heavy atom. The first-order valence-electron chi connectivity index (χ1n) is 6.89. The second-order valence-corrected chi connectivity index (χ2v) is 5.22. The third kappa shape index (κ3) is 3.60. The predicted octanol–water partition coefficient (Wildman–Crippen LogP) is 0.487.